The molecule has 0 bridgehead atoms. The molecule has 2 nitrogen and oxygen atoms in total. The maximum atomic E-state index is 9.15. The highest BCUT2D eigenvalue weighted by Gasteiger charge is 2.02. The molecule has 0 radical (unpaired) electrons. The van der Waals surface area contributed by atoms with Crippen LogP contribution < -0.4 is 4.74 Å². The van der Waals surface area contributed by atoms with E-state index in [0.29, 0.717) is 0 Å². The standard InChI is InChI=1S/C11H15BrO2/c1-8(13)3-4-9-5-6-11(14-2)10(12)7-9/h5-8,13H,3-4H2,1-2H3. The highest BCUT2D eigenvalue weighted by molar-refractivity contribution is 9.10. The molecule has 14 heavy (non-hydrogen) atoms. The number of aryl methyl sites for hydroxylation is 1. The van der Waals surface area contributed by atoms with E-state index in [4.69, 9.17) is 9.84 Å². The molecule has 1 aromatic rings. The van der Waals surface area contributed by atoms with Crippen molar-refractivity contribution >= 4 is 15.9 Å². The third-order valence-electron chi connectivity index (χ3n) is 2.07. The van der Waals surface area contributed by atoms with Crippen molar-refractivity contribution in [2.75, 3.05) is 7.11 Å². The van der Waals surface area contributed by atoms with Gasteiger partial charge in [-0.05, 0) is 53.4 Å². The minimum atomic E-state index is -0.240. The number of halogens is 1. The summed E-state index contributed by atoms with van der Waals surface area (Å²) in [6, 6.07) is 5.98. The van der Waals surface area contributed by atoms with Crippen molar-refractivity contribution in [1.29, 1.82) is 0 Å². The molecule has 0 saturated heterocycles. The van der Waals surface area contributed by atoms with Crippen LogP contribution in [-0.4, -0.2) is 18.3 Å². The molecule has 0 aliphatic carbocycles. The number of aliphatic hydroxyl groups is 1. The molecule has 1 aromatic carbocycles. The van der Waals surface area contributed by atoms with Crippen molar-refractivity contribution in [3.05, 3.63) is 28.2 Å². The summed E-state index contributed by atoms with van der Waals surface area (Å²) >= 11 is 3.43. The van der Waals surface area contributed by atoms with Crippen molar-refractivity contribution in [3.8, 4) is 5.75 Å². The van der Waals surface area contributed by atoms with Crippen LogP contribution in [0.3, 0.4) is 0 Å². The largest absolute Gasteiger partial charge is 0.496 e. The third-order valence-corrected chi connectivity index (χ3v) is 2.69. The number of ether oxygens (including phenoxy) is 1. The van der Waals surface area contributed by atoms with Gasteiger partial charge < -0.3 is 9.84 Å². The second-order valence-electron chi connectivity index (χ2n) is 3.36. The van der Waals surface area contributed by atoms with E-state index in [0.717, 1.165) is 23.1 Å². The fourth-order valence-electron chi connectivity index (χ4n) is 1.24. The minimum absolute atomic E-state index is 0.240. The molecule has 0 amide bonds. The molecule has 0 saturated carbocycles. The molecule has 1 N–H and O–H groups in total. The zero-order chi connectivity index (χ0) is 10.6. The highest BCUT2D eigenvalue weighted by atomic mass is 79.9. The topological polar surface area (TPSA) is 29.5 Å². The molecular formula is C11H15BrO2. The number of aliphatic hydroxyl groups excluding tert-OH is 1. The lowest BCUT2D eigenvalue weighted by Gasteiger charge is -2.07. The Labute approximate surface area is 93.0 Å². The van der Waals surface area contributed by atoms with E-state index in [9.17, 15) is 0 Å². The first-order valence-electron chi connectivity index (χ1n) is 4.64. The van der Waals surface area contributed by atoms with E-state index in [1.54, 1.807) is 14.0 Å². The van der Waals surface area contributed by atoms with Crippen LogP contribution in [0.2, 0.25) is 0 Å². The Hall–Kier alpha value is -0.540. The predicted octanol–water partition coefficient (Wildman–Crippen LogP) is 2.77. The number of rotatable bonds is 4. The Kier molecular flexibility index (Phi) is 4.42. The SMILES string of the molecule is COc1ccc(CCC(C)O)cc1Br. The third kappa shape index (κ3) is 3.31. The van der Waals surface area contributed by atoms with Crippen molar-refractivity contribution in [3.63, 3.8) is 0 Å². The molecule has 0 spiro atoms. The summed E-state index contributed by atoms with van der Waals surface area (Å²) in [5.74, 6) is 0.839. The monoisotopic (exact) mass is 258 g/mol. The highest BCUT2D eigenvalue weighted by Crippen LogP contribution is 2.26. The Morgan fingerprint density at radius 1 is 1.50 bits per heavy atom. The quantitative estimate of drug-likeness (QED) is 0.900. The van der Waals surface area contributed by atoms with Gasteiger partial charge in [0, 0.05) is 0 Å². The molecule has 3 heteroatoms. The fourth-order valence-corrected chi connectivity index (χ4v) is 1.83. The zero-order valence-corrected chi connectivity index (χ0v) is 10.0. The second kappa shape index (κ2) is 5.37. The Bertz CT molecular complexity index is 297. The van der Waals surface area contributed by atoms with Crippen LogP contribution in [0, 0.1) is 0 Å². The van der Waals surface area contributed by atoms with Gasteiger partial charge >= 0.3 is 0 Å². The molecule has 78 valence electrons. The maximum absolute atomic E-state index is 9.15. The van der Waals surface area contributed by atoms with E-state index in [2.05, 4.69) is 15.9 Å². The van der Waals surface area contributed by atoms with Gasteiger partial charge in [-0.2, -0.15) is 0 Å². The maximum Gasteiger partial charge on any atom is 0.133 e. The summed E-state index contributed by atoms with van der Waals surface area (Å²) < 4.78 is 6.09. The van der Waals surface area contributed by atoms with Crippen molar-refractivity contribution in [1.82, 2.24) is 0 Å². The average Bonchev–Trinajstić information content (AvgIpc) is 2.15. The summed E-state index contributed by atoms with van der Waals surface area (Å²) in [7, 11) is 1.65. The van der Waals surface area contributed by atoms with E-state index in [1.807, 2.05) is 18.2 Å². The van der Waals surface area contributed by atoms with E-state index in [-0.39, 0.29) is 6.10 Å². The first-order valence-corrected chi connectivity index (χ1v) is 5.43. The molecule has 0 aromatic heterocycles. The molecule has 1 rings (SSSR count). The molecular weight excluding hydrogens is 244 g/mol. The number of benzene rings is 1. The van der Waals surface area contributed by atoms with Gasteiger partial charge in [-0.15, -0.1) is 0 Å². The number of hydrogen-bond donors (Lipinski definition) is 1. The van der Waals surface area contributed by atoms with Crippen molar-refractivity contribution < 1.29 is 9.84 Å². The first-order chi connectivity index (χ1) is 6.63. The van der Waals surface area contributed by atoms with Crippen LogP contribution >= 0.6 is 15.9 Å². The summed E-state index contributed by atoms with van der Waals surface area (Å²) in [6.07, 6.45) is 1.44. The van der Waals surface area contributed by atoms with Crippen molar-refractivity contribution in [2.24, 2.45) is 0 Å². The molecule has 1 atom stereocenters. The summed E-state index contributed by atoms with van der Waals surface area (Å²) in [5.41, 5.74) is 1.21. The van der Waals surface area contributed by atoms with Gasteiger partial charge in [-0.25, -0.2) is 0 Å². The van der Waals surface area contributed by atoms with E-state index < -0.39 is 0 Å². The summed E-state index contributed by atoms with van der Waals surface area (Å²) in [4.78, 5) is 0. The lowest BCUT2D eigenvalue weighted by molar-refractivity contribution is 0.185. The number of hydrogen-bond acceptors (Lipinski definition) is 2. The Morgan fingerprint density at radius 3 is 2.71 bits per heavy atom. The van der Waals surface area contributed by atoms with E-state index >= 15 is 0 Å². The van der Waals surface area contributed by atoms with Crippen LogP contribution in [-0.2, 0) is 6.42 Å². The lowest BCUT2D eigenvalue weighted by atomic mass is 10.1. The first kappa shape index (κ1) is 11.5. The second-order valence-corrected chi connectivity index (χ2v) is 4.21. The molecule has 0 aliphatic rings. The Balaban J connectivity index is 2.66. The molecule has 0 heterocycles. The zero-order valence-electron chi connectivity index (χ0n) is 8.46. The average molecular weight is 259 g/mol. The normalized spacial score (nSPS) is 12.6. The number of methoxy groups -OCH3 is 1. The lowest BCUT2D eigenvalue weighted by Crippen LogP contribution is -2.01. The van der Waals surface area contributed by atoms with E-state index in [1.165, 1.54) is 5.56 Å². The van der Waals surface area contributed by atoms with Gasteiger partial charge in [0.2, 0.25) is 0 Å². The summed E-state index contributed by atoms with van der Waals surface area (Å²) in [6.45, 7) is 1.80. The molecule has 1 unspecified atom stereocenters. The van der Waals surface area contributed by atoms with Crippen LogP contribution in [0.5, 0.6) is 5.75 Å². The summed E-state index contributed by atoms with van der Waals surface area (Å²) in [5, 5.41) is 9.15. The minimum Gasteiger partial charge on any atom is -0.496 e. The fraction of sp³-hybridized carbons (Fsp3) is 0.455. The Morgan fingerprint density at radius 2 is 2.21 bits per heavy atom. The smallest absolute Gasteiger partial charge is 0.133 e. The van der Waals surface area contributed by atoms with Crippen LogP contribution in [0.4, 0.5) is 0 Å². The van der Waals surface area contributed by atoms with Crippen LogP contribution in [0.25, 0.3) is 0 Å². The van der Waals surface area contributed by atoms with Crippen LogP contribution in [0.15, 0.2) is 22.7 Å². The van der Waals surface area contributed by atoms with Gasteiger partial charge in [0.05, 0.1) is 17.7 Å². The van der Waals surface area contributed by atoms with Gasteiger partial charge in [-0.3, -0.25) is 0 Å². The predicted molar refractivity (Wildman–Crippen MR) is 60.7 cm³/mol. The molecule has 0 aliphatic heterocycles. The van der Waals surface area contributed by atoms with Gasteiger partial charge in [-0.1, -0.05) is 6.07 Å². The van der Waals surface area contributed by atoms with Crippen molar-refractivity contribution in [2.45, 2.75) is 25.9 Å². The van der Waals surface area contributed by atoms with Crippen LogP contribution in [0.1, 0.15) is 18.9 Å². The van der Waals surface area contributed by atoms with Gasteiger partial charge in [0.25, 0.3) is 0 Å². The molecule has 0 fully saturated rings. The van der Waals surface area contributed by atoms with Gasteiger partial charge in [0.1, 0.15) is 5.75 Å². The van der Waals surface area contributed by atoms with Gasteiger partial charge in [0.15, 0.2) is 0 Å².